The molecule has 7 heteroatoms. The van der Waals surface area contributed by atoms with Crippen molar-refractivity contribution in [3.63, 3.8) is 0 Å². The summed E-state index contributed by atoms with van der Waals surface area (Å²) in [5.74, 6) is 1.54. The van der Waals surface area contributed by atoms with Gasteiger partial charge in [-0.05, 0) is 37.8 Å². The third-order valence-electron chi connectivity index (χ3n) is 4.68. The average molecular weight is 328 g/mol. The number of β-amino-alcohol motifs (C(OH)–C–C–N with tert-alkyl or cyclic N) is 1. The molecule has 0 aromatic carbocycles. The monoisotopic (exact) mass is 328 g/mol. The number of pyridine rings is 1. The summed E-state index contributed by atoms with van der Waals surface area (Å²) in [5, 5.41) is 14.9. The molecule has 1 N–H and O–H groups in total. The SMILES string of the molecule is O=C(c1ccncc1)N1CCCC(O)(Cc2nc(C3CC3)no2)C1. The Morgan fingerprint density at radius 1 is 1.38 bits per heavy atom. The highest BCUT2D eigenvalue weighted by atomic mass is 16.5. The van der Waals surface area contributed by atoms with Crippen molar-refractivity contribution in [2.45, 2.75) is 43.6 Å². The van der Waals surface area contributed by atoms with Crippen LogP contribution in [0.2, 0.25) is 0 Å². The van der Waals surface area contributed by atoms with E-state index < -0.39 is 5.60 Å². The van der Waals surface area contributed by atoms with Crippen LogP contribution in [0.4, 0.5) is 0 Å². The number of piperidine rings is 1. The number of nitrogens with zero attached hydrogens (tertiary/aromatic N) is 4. The van der Waals surface area contributed by atoms with Crippen LogP contribution in [0.5, 0.6) is 0 Å². The molecular formula is C17H20N4O3. The molecule has 1 saturated carbocycles. The summed E-state index contributed by atoms with van der Waals surface area (Å²) in [6, 6.07) is 3.38. The zero-order chi connectivity index (χ0) is 16.6. The summed E-state index contributed by atoms with van der Waals surface area (Å²) in [4.78, 5) is 22.6. The van der Waals surface area contributed by atoms with Gasteiger partial charge in [0.2, 0.25) is 5.89 Å². The van der Waals surface area contributed by atoms with Crippen LogP contribution >= 0.6 is 0 Å². The summed E-state index contributed by atoms with van der Waals surface area (Å²) in [7, 11) is 0. The lowest BCUT2D eigenvalue weighted by Crippen LogP contribution is -2.51. The fourth-order valence-electron chi connectivity index (χ4n) is 3.24. The molecule has 1 unspecified atom stereocenters. The van der Waals surface area contributed by atoms with E-state index in [0.29, 0.717) is 30.3 Å². The zero-order valence-electron chi connectivity index (χ0n) is 13.4. The average Bonchev–Trinajstić information content (AvgIpc) is 3.35. The first kappa shape index (κ1) is 15.3. The zero-order valence-corrected chi connectivity index (χ0v) is 13.4. The quantitative estimate of drug-likeness (QED) is 0.915. The molecule has 1 amide bonds. The van der Waals surface area contributed by atoms with Crippen molar-refractivity contribution in [3.8, 4) is 0 Å². The predicted molar refractivity (Wildman–Crippen MR) is 84.3 cm³/mol. The second kappa shape index (κ2) is 5.98. The maximum atomic E-state index is 12.6. The van der Waals surface area contributed by atoms with Crippen molar-refractivity contribution < 1.29 is 14.4 Å². The van der Waals surface area contributed by atoms with Gasteiger partial charge in [0.25, 0.3) is 5.91 Å². The normalized spacial score (nSPS) is 24.1. The Hall–Kier alpha value is -2.28. The van der Waals surface area contributed by atoms with Gasteiger partial charge in [0.15, 0.2) is 5.82 Å². The Morgan fingerprint density at radius 3 is 2.92 bits per heavy atom. The third-order valence-corrected chi connectivity index (χ3v) is 4.68. The van der Waals surface area contributed by atoms with E-state index in [-0.39, 0.29) is 18.9 Å². The van der Waals surface area contributed by atoms with Gasteiger partial charge in [0, 0.05) is 30.4 Å². The molecule has 1 saturated heterocycles. The minimum absolute atomic E-state index is 0.0836. The Bertz CT molecular complexity index is 728. The van der Waals surface area contributed by atoms with Gasteiger partial charge < -0.3 is 14.5 Å². The van der Waals surface area contributed by atoms with Crippen LogP contribution < -0.4 is 0 Å². The summed E-state index contributed by atoms with van der Waals surface area (Å²) in [6.45, 7) is 0.913. The van der Waals surface area contributed by atoms with E-state index in [2.05, 4.69) is 15.1 Å². The van der Waals surface area contributed by atoms with Gasteiger partial charge in [-0.1, -0.05) is 5.16 Å². The predicted octanol–water partition coefficient (Wildman–Crippen LogP) is 1.55. The number of carbonyl (C=O) groups excluding carboxylic acids is 1. The Balaban J connectivity index is 1.45. The number of hydrogen-bond acceptors (Lipinski definition) is 6. The summed E-state index contributed by atoms with van der Waals surface area (Å²) in [5.41, 5.74) is -0.433. The molecule has 7 nitrogen and oxygen atoms in total. The van der Waals surface area contributed by atoms with Crippen LogP contribution in [0.3, 0.4) is 0 Å². The van der Waals surface area contributed by atoms with E-state index in [9.17, 15) is 9.90 Å². The van der Waals surface area contributed by atoms with Gasteiger partial charge in [-0.25, -0.2) is 0 Å². The van der Waals surface area contributed by atoms with Crippen molar-refractivity contribution in [1.29, 1.82) is 0 Å². The van der Waals surface area contributed by atoms with E-state index in [1.807, 2.05) is 0 Å². The molecule has 0 spiro atoms. The largest absolute Gasteiger partial charge is 0.388 e. The smallest absolute Gasteiger partial charge is 0.254 e. The first-order valence-electron chi connectivity index (χ1n) is 8.37. The third kappa shape index (κ3) is 3.17. The van der Waals surface area contributed by atoms with E-state index in [1.165, 1.54) is 0 Å². The number of aromatic nitrogens is 3. The lowest BCUT2D eigenvalue weighted by Gasteiger charge is -2.38. The molecule has 4 rings (SSSR count). The van der Waals surface area contributed by atoms with Crippen molar-refractivity contribution in [1.82, 2.24) is 20.0 Å². The van der Waals surface area contributed by atoms with Crippen LogP contribution in [0.1, 0.15) is 53.7 Å². The second-order valence-corrected chi connectivity index (χ2v) is 6.79. The molecule has 0 radical (unpaired) electrons. The van der Waals surface area contributed by atoms with E-state index in [1.54, 1.807) is 29.4 Å². The molecule has 1 aliphatic heterocycles. The van der Waals surface area contributed by atoms with E-state index >= 15 is 0 Å². The Kier molecular flexibility index (Phi) is 3.80. The molecule has 0 bridgehead atoms. The minimum atomic E-state index is -1.02. The second-order valence-electron chi connectivity index (χ2n) is 6.79. The Labute approximate surface area is 139 Å². The van der Waals surface area contributed by atoms with Crippen molar-refractivity contribution in [2.75, 3.05) is 13.1 Å². The van der Waals surface area contributed by atoms with E-state index in [0.717, 1.165) is 25.1 Å². The van der Waals surface area contributed by atoms with Crippen molar-refractivity contribution in [2.24, 2.45) is 0 Å². The molecule has 2 aromatic heterocycles. The summed E-state index contributed by atoms with van der Waals surface area (Å²) in [6.07, 6.45) is 7.06. The summed E-state index contributed by atoms with van der Waals surface area (Å²) < 4.78 is 5.28. The number of likely N-dealkylation sites (tertiary alicyclic amines) is 1. The first-order chi connectivity index (χ1) is 11.6. The molecule has 24 heavy (non-hydrogen) atoms. The first-order valence-corrected chi connectivity index (χ1v) is 8.37. The number of rotatable bonds is 4. The molecule has 3 heterocycles. The van der Waals surface area contributed by atoms with Crippen molar-refractivity contribution in [3.05, 3.63) is 41.8 Å². The van der Waals surface area contributed by atoms with Crippen LogP contribution in [0, 0.1) is 0 Å². The van der Waals surface area contributed by atoms with Gasteiger partial charge in [0.05, 0.1) is 18.6 Å². The molecule has 2 fully saturated rings. The van der Waals surface area contributed by atoms with Gasteiger partial charge in [0.1, 0.15) is 0 Å². The van der Waals surface area contributed by atoms with Crippen LogP contribution in [-0.2, 0) is 6.42 Å². The Morgan fingerprint density at radius 2 is 2.17 bits per heavy atom. The van der Waals surface area contributed by atoms with Gasteiger partial charge in [-0.2, -0.15) is 4.98 Å². The lowest BCUT2D eigenvalue weighted by atomic mass is 9.89. The highest BCUT2D eigenvalue weighted by Crippen LogP contribution is 2.38. The standard InChI is InChI=1S/C17H20N4O3/c22-16(13-4-7-18-8-5-13)21-9-1-6-17(23,11-21)10-14-19-15(20-24-14)12-2-3-12/h4-5,7-8,12,23H,1-3,6,9-11H2. The topological polar surface area (TPSA) is 92.4 Å². The number of amides is 1. The molecule has 1 aliphatic carbocycles. The molecule has 126 valence electrons. The fourth-order valence-corrected chi connectivity index (χ4v) is 3.24. The van der Waals surface area contributed by atoms with Crippen LogP contribution in [0.25, 0.3) is 0 Å². The molecule has 1 atom stereocenters. The highest BCUT2D eigenvalue weighted by Gasteiger charge is 2.38. The van der Waals surface area contributed by atoms with Crippen molar-refractivity contribution >= 4 is 5.91 Å². The van der Waals surface area contributed by atoms with Gasteiger partial charge >= 0.3 is 0 Å². The number of hydrogen-bond donors (Lipinski definition) is 1. The fraction of sp³-hybridized carbons (Fsp3) is 0.529. The molecular weight excluding hydrogens is 308 g/mol. The van der Waals surface area contributed by atoms with E-state index in [4.69, 9.17) is 4.52 Å². The summed E-state index contributed by atoms with van der Waals surface area (Å²) >= 11 is 0. The van der Waals surface area contributed by atoms with Gasteiger partial charge in [-0.3, -0.25) is 9.78 Å². The minimum Gasteiger partial charge on any atom is -0.388 e. The molecule has 2 aromatic rings. The lowest BCUT2D eigenvalue weighted by molar-refractivity contribution is -0.0286. The maximum absolute atomic E-state index is 12.6. The highest BCUT2D eigenvalue weighted by molar-refractivity contribution is 5.94. The van der Waals surface area contributed by atoms with Gasteiger partial charge in [-0.15, -0.1) is 0 Å². The van der Waals surface area contributed by atoms with Crippen LogP contribution in [0.15, 0.2) is 29.0 Å². The maximum Gasteiger partial charge on any atom is 0.254 e. The number of carbonyl (C=O) groups is 1. The van der Waals surface area contributed by atoms with Crippen LogP contribution in [-0.4, -0.2) is 49.7 Å². The molecule has 2 aliphatic rings. The number of aliphatic hydroxyl groups is 1.